The lowest BCUT2D eigenvalue weighted by Gasteiger charge is -1.85. The van der Waals surface area contributed by atoms with E-state index < -0.39 is 0 Å². The molecule has 1 radical (unpaired) electrons. The summed E-state index contributed by atoms with van der Waals surface area (Å²) in [6, 6.07) is 0. The Balaban J connectivity index is 2.34. The lowest BCUT2D eigenvalue weighted by atomic mass is 10.2. The highest BCUT2D eigenvalue weighted by Crippen LogP contribution is 2.00. The van der Waals surface area contributed by atoms with Crippen LogP contribution >= 0.6 is 0 Å². The second-order valence-electron chi connectivity index (χ2n) is 2.67. The van der Waals surface area contributed by atoms with Crippen LogP contribution in [0.3, 0.4) is 0 Å². The molecule has 0 nitrogen and oxygen atoms in total. The van der Waals surface area contributed by atoms with Gasteiger partial charge in [-0.25, -0.2) is 0 Å². The SMILES string of the molecule is [CH]1/C=C\CC/C=C\CC/C=C\1. The molecule has 0 saturated carbocycles. The van der Waals surface area contributed by atoms with Gasteiger partial charge < -0.3 is 0 Å². The highest BCUT2D eigenvalue weighted by Gasteiger charge is 1.81. The van der Waals surface area contributed by atoms with Crippen molar-refractivity contribution in [3.63, 3.8) is 0 Å². The molecular formula is C11H15. The normalized spacial score (nSPS) is 28.4. The fraction of sp³-hybridized carbons (Fsp3) is 0.364. The van der Waals surface area contributed by atoms with E-state index in [1.165, 1.54) is 25.7 Å². The molecule has 0 amide bonds. The standard InChI is InChI=1S/C11H15/c1-2-4-6-8-10-11-9-7-5-3-1/h1-5,10-11H,6-9H2/b4-2-,5-3-,11-10-. The van der Waals surface area contributed by atoms with E-state index in [-0.39, 0.29) is 0 Å². The van der Waals surface area contributed by atoms with Gasteiger partial charge in [0.15, 0.2) is 0 Å². The quantitative estimate of drug-likeness (QED) is 0.460. The van der Waals surface area contributed by atoms with Gasteiger partial charge in [-0.1, -0.05) is 36.5 Å². The van der Waals surface area contributed by atoms with Crippen LogP contribution in [0, 0.1) is 6.42 Å². The first kappa shape index (κ1) is 8.32. The van der Waals surface area contributed by atoms with Crippen LogP contribution in [0.25, 0.3) is 0 Å². The second kappa shape index (κ2) is 5.96. The summed E-state index contributed by atoms with van der Waals surface area (Å²) in [6.45, 7) is 0. The van der Waals surface area contributed by atoms with E-state index in [1.807, 2.05) is 0 Å². The molecule has 0 aromatic rings. The van der Waals surface area contributed by atoms with Gasteiger partial charge in [0.1, 0.15) is 0 Å². The van der Waals surface area contributed by atoms with Crippen molar-refractivity contribution < 1.29 is 0 Å². The van der Waals surface area contributed by atoms with E-state index in [4.69, 9.17) is 0 Å². The van der Waals surface area contributed by atoms with Gasteiger partial charge in [-0.15, -0.1) is 0 Å². The zero-order chi connectivity index (χ0) is 7.78. The lowest BCUT2D eigenvalue weighted by molar-refractivity contribution is 1.01. The molecule has 0 bridgehead atoms. The molecule has 1 rings (SSSR count). The number of hydrogen-bond acceptors (Lipinski definition) is 0. The van der Waals surface area contributed by atoms with Crippen molar-refractivity contribution in [2.24, 2.45) is 0 Å². The molecule has 0 saturated heterocycles. The Bertz CT molecular complexity index is 143. The summed E-state index contributed by atoms with van der Waals surface area (Å²) in [4.78, 5) is 0. The van der Waals surface area contributed by atoms with Crippen molar-refractivity contribution in [3.05, 3.63) is 42.9 Å². The molecule has 0 spiro atoms. The van der Waals surface area contributed by atoms with Gasteiger partial charge in [0.25, 0.3) is 0 Å². The van der Waals surface area contributed by atoms with E-state index >= 15 is 0 Å². The molecule has 0 N–H and O–H groups in total. The van der Waals surface area contributed by atoms with E-state index in [0.29, 0.717) is 0 Å². The summed E-state index contributed by atoms with van der Waals surface area (Å²) in [5, 5.41) is 0. The lowest BCUT2D eigenvalue weighted by Crippen LogP contribution is -1.65. The van der Waals surface area contributed by atoms with Crippen molar-refractivity contribution >= 4 is 0 Å². The van der Waals surface area contributed by atoms with Crippen LogP contribution in [0.15, 0.2) is 36.5 Å². The monoisotopic (exact) mass is 147 g/mol. The van der Waals surface area contributed by atoms with Gasteiger partial charge in [-0.3, -0.25) is 0 Å². The summed E-state index contributed by atoms with van der Waals surface area (Å²) in [6.07, 6.45) is 20.0. The third kappa shape index (κ3) is 4.60. The molecule has 1 aliphatic carbocycles. The molecule has 0 atom stereocenters. The van der Waals surface area contributed by atoms with Crippen LogP contribution in [0.4, 0.5) is 0 Å². The van der Waals surface area contributed by atoms with E-state index in [0.717, 1.165) is 0 Å². The predicted octanol–water partition coefficient (Wildman–Crippen LogP) is 3.43. The average Bonchev–Trinajstić information content (AvgIpc) is 2.08. The molecule has 0 fully saturated rings. The Morgan fingerprint density at radius 1 is 0.545 bits per heavy atom. The zero-order valence-corrected chi connectivity index (χ0v) is 6.87. The van der Waals surface area contributed by atoms with Gasteiger partial charge in [0.2, 0.25) is 0 Å². The van der Waals surface area contributed by atoms with E-state index in [1.54, 1.807) is 0 Å². The first-order chi connectivity index (χ1) is 5.50. The van der Waals surface area contributed by atoms with Crippen LogP contribution < -0.4 is 0 Å². The molecular weight excluding hydrogens is 132 g/mol. The predicted molar refractivity (Wildman–Crippen MR) is 50.2 cm³/mol. The van der Waals surface area contributed by atoms with Crippen LogP contribution in [-0.2, 0) is 0 Å². The molecule has 0 aromatic heterocycles. The molecule has 0 unspecified atom stereocenters. The Labute approximate surface area is 69.3 Å². The van der Waals surface area contributed by atoms with Crippen molar-refractivity contribution in [2.75, 3.05) is 0 Å². The minimum absolute atomic E-state index is 1.17. The van der Waals surface area contributed by atoms with Gasteiger partial charge in [0, 0.05) is 6.42 Å². The maximum atomic E-state index is 2.27. The molecule has 59 valence electrons. The maximum Gasteiger partial charge on any atom is 0.00441 e. The summed E-state index contributed by atoms with van der Waals surface area (Å²) in [5.41, 5.74) is 0. The van der Waals surface area contributed by atoms with E-state index in [9.17, 15) is 0 Å². The highest BCUT2D eigenvalue weighted by atomic mass is 13.9. The Hall–Kier alpha value is -0.780. The summed E-state index contributed by atoms with van der Waals surface area (Å²) < 4.78 is 0. The Kier molecular flexibility index (Phi) is 4.51. The zero-order valence-electron chi connectivity index (χ0n) is 6.87. The van der Waals surface area contributed by atoms with Crippen LogP contribution in [0.1, 0.15) is 25.7 Å². The molecule has 0 heterocycles. The van der Waals surface area contributed by atoms with Crippen molar-refractivity contribution in [1.29, 1.82) is 0 Å². The van der Waals surface area contributed by atoms with Crippen LogP contribution in [-0.4, -0.2) is 0 Å². The number of rotatable bonds is 0. The minimum Gasteiger partial charge on any atom is -0.0882 e. The van der Waals surface area contributed by atoms with Gasteiger partial charge in [0.05, 0.1) is 0 Å². The Morgan fingerprint density at radius 2 is 1.00 bits per heavy atom. The van der Waals surface area contributed by atoms with Crippen molar-refractivity contribution in [1.82, 2.24) is 0 Å². The summed E-state index contributed by atoms with van der Waals surface area (Å²) in [5.74, 6) is 0. The van der Waals surface area contributed by atoms with Gasteiger partial charge in [-0.05, 0) is 25.7 Å². The minimum atomic E-state index is 1.17. The Morgan fingerprint density at radius 3 is 1.55 bits per heavy atom. The number of hydrogen-bond donors (Lipinski definition) is 0. The molecule has 1 aliphatic rings. The summed E-state index contributed by atoms with van der Waals surface area (Å²) >= 11 is 0. The molecule has 0 aliphatic heterocycles. The maximum absolute atomic E-state index is 2.27. The number of allylic oxidation sites excluding steroid dienone is 6. The first-order valence-corrected chi connectivity index (χ1v) is 4.30. The third-order valence-electron chi connectivity index (χ3n) is 1.66. The van der Waals surface area contributed by atoms with Crippen LogP contribution in [0.2, 0.25) is 0 Å². The summed E-state index contributed by atoms with van der Waals surface area (Å²) in [7, 11) is 0. The molecule has 11 heavy (non-hydrogen) atoms. The fourth-order valence-electron chi connectivity index (χ4n) is 1.03. The highest BCUT2D eigenvalue weighted by molar-refractivity contribution is 5.09. The van der Waals surface area contributed by atoms with Gasteiger partial charge in [-0.2, -0.15) is 0 Å². The average molecular weight is 147 g/mol. The third-order valence-corrected chi connectivity index (χ3v) is 1.66. The smallest absolute Gasteiger partial charge is 0.00441 e. The molecule has 0 aromatic carbocycles. The van der Waals surface area contributed by atoms with Crippen molar-refractivity contribution in [3.8, 4) is 0 Å². The van der Waals surface area contributed by atoms with Crippen molar-refractivity contribution in [2.45, 2.75) is 25.7 Å². The largest absolute Gasteiger partial charge is 0.0882 e. The van der Waals surface area contributed by atoms with Crippen LogP contribution in [0.5, 0.6) is 0 Å². The topological polar surface area (TPSA) is 0 Å². The van der Waals surface area contributed by atoms with Gasteiger partial charge >= 0.3 is 0 Å². The second-order valence-corrected chi connectivity index (χ2v) is 2.67. The molecule has 0 heteroatoms. The first-order valence-electron chi connectivity index (χ1n) is 4.30. The van der Waals surface area contributed by atoms with E-state index in [2.05, 4.69) is 42.9 Å². The fourth-order valence-corrected chi connectivity index (χ4v) is 1.03.